The minimum atomic E-state index is -0.184. The first kappa shape index (κ1) is 15.2. The number of nitrogens with zero attached hydrogens (tertiary/aromatic N) is 3. The van der Waals surface area contributed by atoms with Crippen LogP contribution in [-0.2, 0) is 17.6 Å². The molecule has 1 aromatic carbocycles. The van der Waals surface area contributed by atoms with Crippen molar-refractivity contribution in [2.45, 2.75) is 45.6 Å². The molecule has 2 aromatic rings. The van der Waals surface area contributed by atoms with Gasteiger partial charge in [0.05, 0.1) is 12.5 Å². The van der Waals surface area contributed by atoms with Crippen molar-refractivity contribution in [1.82, 2.24) is 25.9 Å². The Morgan fingerprint density at radius 2 is 1.95 bits per heavy atom. The lowest BCUT2D eigenvalue weighted by atomic mass is 10.1. The van der Waals surface area contributed by atoms with Crippen molar-refractivity contribution >= 4 is 5.91 Å². The van der Waals surface area contributed by atoms with Gasteiger partial charge < -0.3 is 5.32 Å². The molecule has 2 N–H and O–H groups in total. The zero-order valence-corrected chi connectivity index (χ0v) is 12.5. The van der Waals surface area contributed by atoms with Gasteiger partial charge in [0, 0.05) is 0 Å². The zero-order valence-electron chi connectivity index (χ0n) is 12.5. The van der Waals surface area contributed by atoms with E-state index in [1.54, 1.807) is 0 Å². The number of hydrogen-bond donors (Lipinski definition) is 2. The summed E-state index contributed by atoms with van der Waals surface area (Å²) in [6.45, 7) is 4.17. The van der Waals surface area contributed by atoms with Crippen LogP contribution in [0.1, 0.15) is 49.7 Å². The lowest BCUT2D eigenvalue weighted by Crippen LogP contribution is -2.30. The van der Waals surface area contributed by atoms with Crippen LogP contribution in [-0.4, -0.2) is 26.5 Å². The minimum Gasteiger partial charge on any atom is -0.346 e. The highest BCUT2D eigenvalue weighted by Crippen LogP contribution is 2.13. The molecule has 0 saturated carbocycles. The summed E-state index contributed by atoms with van der Waals surface area (Å²) in [5.41, 5.74) is 2.28. The molecular formula is C15H21N5O. The summed E-state index contributed by atoms with van der Waals surface area (Å²) >= 11 is 0. The summed E-state index contributed by atoms with van der Waals surface area (Å²) in [5, 5.41) is 16.9. The third-order valence-electron chi connectivity index (χ3n) is 3.38. The second-order valence-electron chi connectivity index (χ2n) is 5.03. The summed E-state index contributed by atoms with van der Waals surface area (Å²) < 4.78 is 0. The second kappa shape index (κ2) is 7.52. The van der Waals surface area contributed by atoms with Crippen molar-refractivity contribution in [3.63, 3.8) is 0 Å². The molecule has 0 unspecified atom stereocenters. The summed E-state index contributed by atoms with van der Waals surface area (Å²) in [7, 11) is 0. The highest BCUT2D eigenvalue weighted by Gasteiger charge is 2.17. The van der Waals surface area contributed by atoms with Crippen LogP contribution < -0.4 is 5.32 Å². The topological polar surface area (TPSA) is 83.6 Å². The highest BCUT2D eigenvalue weighted by atomic mass is 16.1. The van der Waals surface area contributed by atoms with Crippen LogP contribution in [0.2, 0.25) is 0 Å². The van der Waals surface area contributed by atoms with Gasteiger partial charge in [0.1, 0.15) is 0 Å². The molecule has 0 radical (unpaired) electrons. The van der Waals surface area contributed by atoms with E-state index in [0.717, 1.165) is 24.8 Å². The lowest BCUT2D eigenvalue weighted by Gasteiger charge is -2.14. The molecule has 1 aromatic heterocycles. The number of tetrazole rings is 1. The van der Waals surface area contributed by atoms with Gasteiger partial charge in [0.2, 0.25) is 5.91 Å². The Balaban J connectivity index is 1.95. The Kier molecular flexibility index (Phi) is 5.43. The van der Waals surface area contributed by atoms with Crippen molar-refractivity contribution in [2.75, 3.05) is 0 Å². The monoisotopic (exact) mass is 287 g/mol. The van der Waals surface area contributed by atoms with Gasteiger partial charge in [0.15, 0.2) is 5.82 Å². The summed E-state index contributed by atoms with van der Waals surface area (Å²) in [6.07, 6.45) is 3.09. The molecule has 0 saturated heterocycles. The van der Waals surface area contributed by atoms with Gasteiger partial charge in [-0.1, -0.05) is 49.7 Å². The SMILES string of the molecule is CCC[C@@H](NC(=O)Cc1ccc(CC)cc1)c1nn[nH]n1. The van der Waals surface area contributed by atoms with Gasteiger partial charge in [-0.25, -0.2) is 0 Å². The average molecular weight is 287 g/mol. The molecule has 0 aliphatic rings. The molecule has 1 amide bonds. The quantitative estimate of drug-likeness (QED) is 0.815. The molecule has 0 aliphatic heterocycles. The number of aryl methyl sites for hydroxylation is 1. The molecule has 0 bridgehead atoms. The Bertz CT molecular complexity index is 550. The maximum atomic E-state index is 12.2. The van der Waals surface area contributed by atoms with Gasteiger partial charge in [-0.15, -0.1) is 10.2 Å². The van der Waals surface area contributed by atoms with Crippen LogP contribution in [0.4, 0.5) is 0 Å². The standard InChI is InChI=1S/C15H21N5O/c1-3-5-13(15-17-19-20-18-15)16-14(21)10-12-8-6-11(4-2)7-9-12/h6-9,13H,3-5,10H2,1-2H3,(H,16,21)(H,17,18,19,20)/t13-/m1/s1. The van der Waals surface area contributed by atoms with E-state index in [-0.39, 0.29) is 11.9 Å². The minimum absolute atomic E-state index is 0.0255. The molecule has 112 valence electrons. The van der Waals surface area contributed by atoms with Gasteiger partial charge >= 0.3 is 0 Å². The predicted octanol–water partition coefficient (Wildman–Crippen LogP) is 1.96. The van der Waals surface area contributed by atoms with Crippen LogP contribution in [0, 0.1) is 0 Å². The number of carbonyl (C=O) groups excluding carboxylic acids is 1. The van der Waals surface area contributed by atoms with Gasteiger partial charge in [0.25, 0.3) is 0 Å². The fourth-order valence-corrected chi connectivity index (χ4v) is 2.20. The summed E-state index contributed by atoms with van der Waals surface area (Å²) in [6, 6.07) is 7.94. The molecule has 2 rings (SSSR count). The van der Waals surface area contributed by atoms with Crippen molar-refractivity contribution in [2.24, 2.45) is 0 Å². The van der Waals surface area contributed by atoms with Crippen molar-refractivity contribution in [3.8, 4) is 0 Å². The van der Waals surface area contributed by atoms with Crippen LogP contribution >= 0.6 is 0 Å². The number of carbonyl (C=O) groups is 1. The predicted molar refractivity (Wildman–Crippen MR) is 79.5 cm³/mol. The number of amides is 1. The third-order valence-corrected chi connectivity index (χ3v) is 3.38. The van der Waals surface area contributed by atoms with Gasteiger partial charge in [-0.3, -0.25) is 4.79 Å². The van der Waals surface area contributed by atoms with E-state index in [1.807, 2.05) is 12.1 Å². The molecule has 0 fully saturated rings. The Labute approximate surface area is 124 Å². The Morgan fingerprint density at radius 3 is 2.52 bits per heavy atom. The number of nitrogens with one attached hydrogen (secondary N) is 2. The van der Waals surface area contributed by atoms with Crippen molar-refractivity contribution < 1.29 is 4.79 Å². The van der Waals surface area contributed by atoms with E-state index in [0.29, 0.717) is 12.2 Å². The largest absolute Gasteiger partial charge is 0.346 e. The molecule has 21 heavy (non-hydrogen) atoms. The first-order chi connectivity index (χ1) is 10.2. The van der Waals surface area contributed by atoms with Gasteiger partial charge in [-0.2, -0.15) is 5.21 Å². The second-order valence-corrected chi connectivity index (χ2v) is 5.03. The molecule has 0 spiro atoms. The van der Waals surface area contributed by atoms with Crippen molar-refractivity contribution in [3.05, 3.63) is 41.2 Å². The molecule has 6 nitrogen and oxygen atoms in total. The van der Waals surface area contributed by atoms with E-state index < -0.39 is 0 Å². The zero-order chi connectivity index (χ0) is 15.1. The smallest absolute Gasteiger partial charge is 0.225 e. The number of H-pyrrole nitrogens is 1. The normalized spacial score (nSPS) is 12.1. The van der Waals surface area contributed by atoms with E-state index >= 15 is 0 Å². The highest BCUT2D eigenvalue weighted by molar-refractivity contribution is 5.78. The summed E-state index contributed by atoms with van der Waals surface area (Å²) in [4.78, 5) is 12.2. The maximum Gasteiger partial charge on any atom is 0.225 e. The van der Waals surface area contributed by atoms with Crippen molar-refractivity contribution in [1.29, 1.82) is 0 Å². The number of hydrogen-bond acceptors (Lipinski definition) is 4. The summed E-state index contributed by atoms with van der Waals surface area (Å²) in [5.74, 6) is 0.508. The number of rotatable bonds is 7. The van der Waals surface area contributed by atoms with Crippen LogP contribution in [0.3, 0.4) is 0 Å². The van der Waals surface area contributed by atoms with Crippen LogP contribution in [0.15, 0.2) is 24.3 Å². The first-order valence-electron chi connectivity index (χ1n) is 7.33. The first-order valence-corrected chi connectivity index (χ1v) is 7.33. The Morgan fingerprint density at radius 1 is 1.24 bits per heavy atom. The van der Waals surface area contributed by atoms with Gasteiger partial charge in [-0.05, 0) is 24.0 Å². The van der Waals surface area contributed by atoms with E-state index in [1.165, 1.54) is 5.56 Å². The molecule has 0 aliphatic carbocycles. The molecule has 6 heteroatoms. The van der Waals surface area contributed by atoms with E-state index in [2.05, 4.69) is 51.9 Å². The van der Waals surface area contributed by atoms with E-state index in [9.17, 15) is 4.79 Å². The molecule has 1 atom stereocenters. The number of benzene rings is 1. The molecule has 1 heterocycles. The average Bonchev–Trinajstić information content (AvgIpc) is 3.02. The Hall–Kier alpha value is -2.24. The number of aromatic nitrogens is 4. The fourth-order valence-electron chi connectivity index (χ4n) is 2.20. The lowest BCUT2D eigenvalue weighted by molar-refractivity contribution is -0.121. The maximum absolute atomic E-state index is 12.2. The van der Waals surface area contributed by atoms with Crippen LogP contribution in [0.25, 0.3) is 0 Å². The fraction of sp³-hybridized carbons (Fsp3) is 0.467. The number of aromatic amines is 1. The van der Waals surface area contributed by atoms with E-state index in [4.69, 9.17) is 0 Å². The van der Waals surface area contributed by atoms with Crippen LogP contribution in [0.5, 0.6) is 0 Å². The third kappa shape index (κ3) is 4.37. The molecular weight excluding hydrogens is 266 g/mol.